The van der Waals surface area contributed by atoms with E-state index in [4.69, 9.17) is 0 Å². The Hall–Kier alpha value is -2.69. The molecule has 5 heteroatoms. The Morgan fingerprint density at radius 1 is 1.17 bits per heavy atom. The van der Waals surface area contributed by atoms with Gasteiger partial charge in [0.2, 0.25) is 11.8 Å². The maximum Gasteiger partial charge on any atom is 0.242 e. The molecule has 0 radical (unpaired) electrons. The Bertz CT molecular complexity index is 712. The molecule has 2 aromatic rings. The zero-order valence-corrected chi connectivity index (χ0v) is 13.7. The van der Waals surface area contributed by atoms with E-state index in [1.165, 1.54) is 0 Å². The Labute approximate surface area is 141 Å². The van der Waals surface area contributed by atoms with Crippen molar-refractivity contribution in [2.75, 3.05) is 11.4 Å². The fourth-order valence-electron chi connectivity index (χ4n) is 2.83. The summed E-state index contributed by atoms with van der Waals surface area (Å²) in [7, 11) is 0. The number of hydrogen-bond acceptors (Lipinski definition) is 3. The molecule has 0 unspecified atom stereocenters. The SMILES string of the molecule is CCN(C(=O)C1(C(=O)NCc2cccnc2)CC1)c1ccccc1. The van der Waals surface area contributed by atoms with Gasteiger partial charge < -0.3 is 10.2 Å². The Morgan fingerprint density at radius 3 is 2.50 bits per heavy atom. The number of amides is 2. The van der Waals surface area contributed by atoms with Crippen LogP contribution < -0.4 is 10.2 Å². The Kier molecular flexibility index (Phi) is 4.60. The van der Waals surface area contributed by atoms with Gasteiger partial charge in [-0.3, -0.25) is 14.6 Å². The van der Waals surface area contributed by atoms with Gasteiger partial charge in [0.15, 0.2) is 0 Å². The zero-order valence-electron chi connectivity index (χ0n) is 13.7. The molecular weight excluding hydrogens is 302 g/mol. The van der Waals surface area contributed by atoms with Gasteiger partial charge >= 0.3 is 0 Å². The predicted molar refractivity (Wildman–Crippen MR) is 92.2 cm³/mol. The summed E-state index contributed by atoms with van der Waals surface area (Å²) in [6, 6.07) is 13.2. The summed E-state index contributed by atoms with van der Waals surface area (Å²) in [6.07, 6.45) is 4.61. The lowest BCUT2D eigenvalue weighted by Gasteiger charge is -2.26. The van der Waals surface area contributed by atoms with E-state index >= 15 is 0 Å². The highest BCUT2D eigenvalue weighted by atomic mass is 16.2. The van der Waals surface area contributed by atoms with Crippen LogP contribution in [0.4, 0.5) is 5.69 Å². The lowest BCUT2D eigenvalue weighted by atomic mass is 10.0. The molecule has 1 aromatic carbocycles. The van der Waals surface area contributed by atoms with Crippen LogP contribution in [0.25, 0.3) is 0 Å². The maximum atomic E-state index is 13.0. The van der Waals surface area contributed by atoms with Gasteiger partial charge in [-0.1, -0.05) is 24.3 Å². The summed E-state index contributed by atoms with van der Waals surface area (Å²) < 4.78 is 0. The molecule has 0 atom stereocenters. The van der Waals surface area contributed by atoms with E-state index in [1.54, 1.807) is 17.3 Å². The second kappa shape index (κ2) is 6.83. The molecule has 3 rings (SSSR count). The van der Waals surface area contributed by atoms with Crippen LogP contribution in [0, 0.1) is 5.41 Å². The minimum Gasteiger partial charge on any atom is -0.351 e. The molecule has 1 fully saturated rings. The van der Waals surface area contributed by atoms with Crippen molar-refractivity contribution in [3.8, 4) is 0 Å². The molecule has 2 amide bonds. The minimum absolute atomic E-state index is 0.111. The first-order valence-corrected chi connectivity index (χ1v) is 8.21. The number of carbonyl (C=O) groups is 2. The summed E-state index contributed by atoms with van der Waals surface area (Å²) in [4.78, 5) is 31.3. The number of anilines is 1. The average Bonchev–Trinajstić information content (AvgIpc) is 3.44. The fourth-order valence-corrected chi connectivity index (χ4v) is 2.83. The molecule has 1 heterocycles. The molecule has 0 bridgehead atoms. The van der Waals surface area contributed by atoms with Crippen molar-refractivity contribution in [1.29, 1.82) is 0 Å². The predicted octanol–water partition coefficient (Wildman–Crippen LogP) is 2.53. The number of pyridine rings is 1. The maximum absolute atomic E-state index is 13.0. The lowest BCUT2D eigenvalue weighted by Crippen LogP contribution is -2.45. The third-order valence-electron chi connectivity index (χ3n) is 4.40. The van der Waals surface area contributed by atoms with Crippen LogP contribution in [0.3, 0.4) is 0 Å². The molecule has 0 spiro atoms. The minimum atomic E-state index is -0.909. The van der Waals surface area contributed by atoms with Gasteiger partial charge in [0, 0.05) is 31.2 Å². The number of nitrogens with zero attached hydrogens (tertiary/aromatic N) is 2. The molecule has 5 nitrogen and oxygen atoms in total. The third kappa shape index (κ3) is 3.15. The number of nitrogens with one attached hydrogen (secondary N) is 1. The van der Waals surface area contributed by atoms with E-state index in [9.17, 15) is 9.59 Å². The van der Waals surface area contributed by atoms with Crippen LogP contribution in [0.1, 0.15) is 25.3 Å². The van der Waals surface area contributed by atoms with Crippen molar-refractivity contribution in [2.45, 2.75) is 26.3 Å². The molecule has 0 aliphatic heterocycles. The molecule has 0 saturated heterocycles. The van der Waals surface area contributed by atoms with Crippen molar-refractivity contribution >= 4 is 17.5 Å². The second-order valence-electron chi connectivity index (χ2n) is 6.01. The molecule has 24 heavy (non-hydrogen) atoms. The standard InChI is InChI=1S/C19H21N3O2/c1-2-22(16-8-4-3-5-9-16)18(24)19(10-11-19)17(23)21-14-15-7-6-12-20-13-15/h3-9,12-13H,2,10-11,14H2,1H3,(H,21,23). The molecular formula is C19H21N3O2. The number of benzene rings is 1. The fraction of sp³-hybridized carbons (Fsp3) is 0.316. The van der Waals surface area contributed by atoms with E-state index < -0.39 is 5.41 Å². The van der Waals surface area contributed by atoms with Crippen molar-refractivity contribution in [1.82, 2.24) is 10.3 Å². The number of aromatic nitrogens is 1. The highest BCUT2D eigenvalue weighted by Gasteiger charge is 2.57. The monoisotopic (exact) mass is 323 g/mol. The quantitative estimate of drug-likeness (QED) is 0.831. The van der Waals surface area contributed by atoms with Crippen LogP contribution in [0.5, 0.6) is 0 Å². The first-order valence-electron chi connectivity index (χ1n) is 8.21. The van der Waals surface area contributed by atoms with E-state index in [2.05, 4.69) is 10.3 Å². The van der Waals surface area contributed by atoms with Gasteiger partial charge in [-0.25, -0.2) is 0 Å². The Morgan fingerprint density at radius 2 is 1.92 bits per heavy atom. The van der Waals surface area contributed by atoms with E-state index in [0.29, 0.717) is 25.9 Å². The summed E-state index contributed by atoms with van der Waals surface area (Å²) in [5.74, 6) is -0.300. The lowest BCUT2D eigenvalue weighted by molar-refractivity contribution is -0.135. The summed E-state index contributed by atoms with van der Waals surface area (Å²) in [5.41, 5.74) is 0.842. The van der Waals surface area contributed by atoms with E-state index in [1.807, 2.05) is 49.4 Å². The van der Waals surface area contributed by atoms with Crippen LogP contribution in [0.15, 0.2) is 54.9 Å². The Balaban J connectivity index is 1.70. The molecule has 1 aliphatic rings. The van der Waals surface area contributed by atoms with Gasteiger partial charge in [-0.05, 0) is 43.5 Å². The largest absolute Gasteiger partial charge is 0.351 e. The average molecular weight is 323 g/mol. The topological polar surface area (TPSA) is 62.3 Å². The van der Waals surface area contributed by atoms with Crippen LogP contribution in [-0.2, 0) is 16.1 Å². The van der Waals surface area contributed by atoms with Gasteiger partial charge in [-0.2, -0.15) is 0 Å². The number of carbonyl (C=O) groups excluding carboxylic acids is 2. The summed E-state index contributed by atoms with van der Waals surface area (Å²) in [5, 5.41) is 2.89. The number of hydrogen-bond donors (Lipinski definition) is 1. The van der Waals surface area contributed by atoms with Crippen LogP contribution >= 0.6 is 0 Å². The molecule has 1 aliphatic carbocycles. The highest BCUT2D eigenvalue weighted by molar-refractivity contribution is 6.14. The first kappa shape index (κ1) is 16.2. The smallest absolute Gasteiger partial charge is 0.242 e. The third-order valence-corrected chi connectivity index (χ3v) is 4.40. The van der Waals surface area contributed by atoms with Crippen LogP contribution in [-0.4, -0.2) is 23.3 Å². The molecule has 124 valence electrons. The van der Waals surface area contributed by atoms with Gasteiger partial charge in [0.05, 0.1) is 0 Å². The van der Waals surface area contributed by atoms with Gasteiger partial charge in [0.1, 0.15) is 5.41 Å². The second-order valence-corrected chi connectivity index (χ2v) is 6.01. The first-order chi connectivity index (χ1) is 11.7. The van der Waals surface area contributed by atoms with Gasteiger partial charge in [0.25, 0.3) is 0 Å². The van der Waals surface area contributed by atoms with E-state index in [-0.39, 0.29) is 11.8 Å². The summed E-state index contributed by atoms with van der Waals surface area (Å²) >= 11 is 0. The van der Waals surface area contributed by atoms with Crippen molar-refractivity contribution < 1.29 is 9.59 Å². The highest BCUT2D eigenvalue weighted by Crippen LogP contribution is 2.48. The molecule has 1 N–H and O–H groups in total. The molecule has 1 aromatic heterocycles. The van der Waals surface area contributed by atoms with Crippen molar-refractivity contribution in [3.63, 3.8) is 0 Å². The van der Waals surface area contributed by atoms with Crippen LogP contribution in [0.2, 0.25) is 0 Å². The van der Waals surface area contributed by atoms with E-state index in [0.717, 1.165) is 11.3 Å². The number of para-hydroxylation sites is 1. The summed E-state index contributed by atoms with van der Waals surface area (Å²) in [6.45, 7) is 2.86. The van der Waals surface area contributed by atoms with Gasteiger partial charge in [-0.15, -0.1) is 0 Å². The van der Waals surface area contributed by atoms with Crippen molar-refractivity contribution in [2.24, 2.45) is 5.41 Å². The number of rotatable bonds is 6. The van der Waals surface area contributed by atoms with Crippen molar-refractivity contribution in [3.05, 3.63) is 60.4 Å². The zero-order chi connectivity index (χ0) is 17.0. The normalized spacial score (nSPS) is 14.7. The molecule has 1 saturated carbocycles.